The van der Waals surface area contributed by atoms with Gasteiger partial charge in [-0.3, -0.25) is 4.90 Å². The second-order valence-electron chi connectivity index (χ2n) is 7.65. The SMILES string of the molecule is CN1C=CN(C2CCN(Cc3ccc(OC(F)(F)F)cc3)CC2)c2ccc(Cl)cc21. The summed E-state index contributed by atoms with van der Waals surface area (Å²) in [6.07, 6.45) is 1.52. The molecule has 0 aromatic heterocycles. The second kappa shape index (κ2) is 8.40. The van der Waals surface area contributed by atoms with E-state index in [1.165, 1.54) is 12.1 Å². The third kappa shape index (κ3) is 4.84. The Morgan fingerprint density at radius 3 is 2.37 bits per heavy atom. The zero-order chi connectivity index (χ0) is 21.3. The van der Waals surface area contributed by atoms with Gasteiger partial charge in [0.2, 0.25) is 0 Å². The Morgan fingerprint density at radius 1 is 1.00 bits per heavy atom. The molecule has 2 aliphatic rings. The highest BCUT2D eigenvalue weighted by Crippen LogP contribution is 2.38. The maximum Gasteiger partial charge on any atom is 0.573 e. The standard InChI is InChI=1S/C22H23ClF3N3O/c1-27-12-13-29(20-7-4-17(23)14-21(20)27)18-8-10-28(11-9-18)15-16-2-5-19(6-3-16)30-22(24,25)26/h2-7,12-14,18H,8-11,15H2,1H3. The number of hydrogen-bond acceptors (Lipinski definition) is 4. The predicted octanol–water partition coefficient (Wildman–Crippen LogP) is 5.63. The highest BCUT2D eigenvalue weighted by Gasteiger charge is 2.31. The Labute approximate surface area is 179 Å². The third-order valence-electron chi connectivity index (χ3n) is 5.56. The molecule has 0 N–H and O–H groups in total. The lowest BCUT2D eigenvalue weighted by atomic mass is 10.0. The van der Waals surface area contributed by atoms with Crippen molar-refractivity contribution in [1.82, 2.24) is 4.90 Å². The first-order chi connectivity index (χ1) is 14.3. The van der Waals surface area contributed by atoms with Gasteiger partial charge in [-0.1, -0.05) is 23.7 Å². The summed E-state index contributed by atoms with van der Waals surface area (Å²) < 4.78 is 40.8. The predicted molar refractivity (Wildman–Crippen MR) is 113 cm³/mol. The van der Waals surface area contributed by atoms with Gasteiger partial charge in [0.15, 0.2) is 0 Å². The van der Waals surface area contributed by atoms with Crippen molar-refractivity contribution in [3.8, 4) is 5.75 Å². The molecule has 4 nitrogen and oxygen atoms in total. The molecule has 2 aliphatic heterocycles. The third-order valence-corrected chi connectivity index (χ3v) is 5.80. The van der Waals surface area contributed by atoms with Crippen LogP contribution in [0.15, 0.2) is 54.9 Å². The van der Waals surface area contributed by atoms with E-state index >= 15 is 0 Å². The first kappa shape index (κ1) is 20.9. The van der Waals surface area contributed by atoms with E-state index < -0.39 is 6.36 Å². The average molecular weight is 438 g/mol. The van der Waals surface area contributed by atoms with Crippen LogP contribution in [0.25, 0.3) is 0 Å². The molecule has 1 saturated heterocycles. The van der Waals surface area contributed by atoms with Crippen molar-refractivity contribution in [2.75, 3.05) is 29.9 Å². The number of ether oxygens (including phenoxy) is 1. The maximum absolute atomic E-state index is 12.3. The van der Waals surface area contributed by atoms with Gasteiger partial charge >= 0.3 is 6.36 Å². The molecule has 2 heterocycles. The summed E-state index contributed by atoms with van der Waals surface area (Å²) in [5.41, 5.74) is 3.22. The van der Waals surface area contributed by atoms with Crippen molar-refractivity contribution in [2.24, 2.45) is 0 Å². The number of likely N-dealkylation sites (tertiary alicyclic amines) is 1. The van der Waals surface area contributed by atoms with Crippen LogP contribution in [0.1, 0.15) is 18.4 Å². The fourth-order valence-corrected chi connectivity index (χ4v) is 4.22. The molecule has 0 aliphatic carbocycles. The fourth-order valence-electron chi connectivity index (χ4n) is 4.06. The van der Waals surface area contributed by atoms with Gasteiger partial charge in [-0.05, 0) is 48.7 Å². The van der Waals surface area contributed by atoms with Crippen LogP contribution in [0.5, 0.6) is 5.75 Å². The molecule has 30 heavy (non-hydrogen) atoms. The van der Waals surface area contributed by atoms with Crippen LogP contribution in [0, 0.1) is 0 Å². The number of nitrogens with zero attached hydrogens (tertiary/aromatic N) is 3. The minimum absolute atomic E-state index is 0.189. The quantitative estimate of drug-likeness (QED) is 0.617. The molecule has 0 radical (unpaired) electrons. The molecule has 4 rings (SSSR count). The number of piperidine rings is 1. The van der Waals surface area contributed by atoms with Gasteiger partial charge < -0.3 is 14.5 Å². The number of alkyl halides is 3. The van der Waals surface area contributed by atoms with E-state index in [4.69, 9.17) is 11.6 Å². The number of rotatable bonds is 4. The molecule has 2 aromatic rings. The summed E-state index contributed by atoms with van der Waals surface area (Å²) in [5.74, 6) is -0.189. The Bertz CT molecular complexity index is 909. The fraction of sp³-hybridized carbons (Fsp3) is 0.364. The molecule has 8 heteroatoms. The molecule has 0 bridgehead atoms. The molecule has 0 amide bonds. The number of benzene rings is 2. The first-order valence-corrected chi connectivity index (χ1v) is 10.2. The van der Waals surface area contributed by atoms with Crippen molar-refractivity contribution >= 4 is 23.0 Å². The number of anilines is 2. The van der Waals surface area contributed by atoms with Crippen LogP contribution in [0.4, 0.5) is 24.5 Å². The highest BCUT2D eigenvalue weighted by molar-refractivity contribution is 6.31. The molecule has 0 atom stereocenters. The van der Waals surface area contributed by atoms with Crippen molar-refractivity contribution in [1.29, 1.82) is 0 Å². The van der Waals surface area contributed by atoms with E-state index in [9.17, 15) is 13.2 Å². The summed E-state index contributed by atoms with van der Waals surface area (Å²) in [6, 6.07) is 12.5. The Kier molecular flexibility index (Phi) is 5.84. The van der Waals surface area contributed by atoms with E-state index in [-0.39, 0.29) is 5.75 Å². The molecular weight excluding hydrogens is 415 g/mol. The first-order valence-electron chi connectivity index (χ1n) is 9.84. The van der Waals surface area contributed by atoms with Gasteiger partial charge in [0.05, 0.1) is 11.4 Å². The van der Waals surface area contributed by atoms with Crippen molar-refractivity contribution in [3.05, 3.63) is 65.5 Å². The molecule has 0 saturated carbocycles. The Morgan fingerprint density at radius 2 is 1.70 bits per heavy atom. The summed E-state index contributed by atoms with van der Waals surface area (Å²) in [5, 5.41) is 0.720. The number of halogens is 4. The van der Waals surface area contributed by atoms with Gasteiger partial charge in [-0.2, -0.15) is 0 Å². The topological polar surface area (TPSA) is 19.0 Å². The van der Waals surface area contributed by atoms with Gasteiger partial charge in [0, 0.05) is 50.1 Å². The van der Waals surface area contributed by atoms with Crippen LogP contribution in [-0.2, 0) is 6.54 Å². The van der Waals surface area contributed by atoms with Gasteiger partial charge in [0.1, 0.15) is 5.75 Å². The monoisotopic (exact) mass is 437 g/mol. The van der Waals surface area contributed by atoms with E-state index in [0.29, 0.717) is 12.6 Å². The molecule has 1 fully saturated rings. The van der Waals surface area contributed by atoms with Gasteiger partial charge in [-0.25, -0.2) is 0 Å². The van der Waals surface area contributed by atoms with E-state index in [2.05, 4.69) is 37.9 Å². The summed E-state index contributed by atoms with van der Waals surface area (Å²) in [4.78, 5) is 6.73. The zero-order valence-electron chi connectivity index (χ0n) is 16.6. The van der Waals surface area contributed by atoms with Crippen molar-refractivity contribution in [2.45, 2.75) is 31.8 Å². The molecule has 2 aromatic carbocycles. The second-order valence-corrected chi connectivity index (χ2v) is 8.08. The van der Waals surface area contributed by atoms with Crippen molar-refractivity contribution < 1.29 is 17.9 Å². The lowest BCUT2D eigenvalue weighted by Crippen LogP contribution is -2.44. The van der Waals surface area contributed by atoms with Gasteiger partial charge in [-0.15, -0.1) is 13.2 Å². The minimum Gasteiger partial charge on any atom is -0.406 e. The lowest BCUT2D eigenvalue weighted by Gasteiger charge is -2.41. The van der Waals surface area contributed by atoms with Gasteiger partial charge in [0.25, 0.3) is 0 Å². The van der Waals surface area contributed by atoms with Crippen LogP contribution in [-0.4, -0.2) is 37.4 Å². The lowest BCUT2D eigenvalue weighted by molar-refractivity contribution is -0.274. The summed E-state index contributed by atoms with van der Waals surface area (Å²) in [7, 11) is 2.01. The number of fused-ring (bicyclic) bond motifs is 1. The van der Waals surface area contributed by atoms with E-state index in [1.54, 1.807) is 12.1 Å². The summed E-state index contributed by atoms with van der Waals surface area (Å²) in [6.45, 7) is 2.56. The molecule has 0 unspecified atom stereocenters. The van der Waals surface area contributed by atoms with E-state index in [1.807, 2.05) is 19.2 Å². The molecule has 0 spiro atoms. The minimum atomic E-state index is -4.66. The largest absolute Gasteiger partial charge is 0.573 e. The van der Waals surface area contributed by atoms with Crippen LogP contribution in [0.2, 0.25) is 5.02 Å². The smallest absolute Gasteiger partial charge is 0.406 e. The van der Waals surface area contributed by atoms with E-state index in [0.717, 1.165) is 47.9 Å². The summed E-state index contributed by atoms with van der Waals surface area (Å²) >= 11 is 6.17. The molecule has 160 valence electrons. The van der Waals surface area contributed by atoms with Crippen LogP contribution >= 0.6 is 11.6 Å². The average Bonchev–Trinajstić information content (AvgIpc) is 2.70. The normalized spacial score (nSPS) is 17.9. The van der Waals surface area contributed by atoms with Crippen LogP contribution < -0.4 is 14.5 Å². The maximum atomic E-state index is 12.3. The Balaban J connectivity index is 1.35. The number of hydrogen-bond donors (Lipinski definition) is 0. The van der Waals surface area contributed by atoms with Crippen LogP contribution in [0.3, 0.4) is 0 Å². The zero-order valence-corrected chi connectivity index (χ0v) is 17.3. The van der Waals surface area contributed by atoms with Crippen molar-refractivity contribution in [3.63, 3.8) is 0 Å². The highest BCUT2D eigenvalue weighted by atomic mass is 35.5. The molecular formula is C22H23ClF3N3O. The Hall–Kier alpha value is -2.38.